The van der Waals surface area contributed by atoms with Crippen molar-refractivity contribution in [2.24, 2.45) is 5.92 Å². The van der Waals surface area contributed by atoms with Crippen molar-refractivity contribution in [3.05, 3.63) is 34.9 Å². The maximum atomic E-state index is 12.5. The molecule has 1 heterocycles. The smallest absolute Gasteiger partial charge is 0.253 e. The number of nitrogens with zero attached hydrogens (tertiary/aromatic N) is 1. The van der Waals surface area contributed by atoms with Crippen LogP contribution in [0.4, 0.5) is 0 Å². The largest absolute Gasteiger partial charge is 0.396 e. The summed E-state index contributed by atoms with van der Waals surface area (Å²) in [5.41, 5.74) is 3.63. The van der Waals surface area contributed by atoms with E-state index in [1.54, 1.807) is 0 Å². The van der Waals surface area contributed by atoms with Crippen LogP contribution < -0.4 is 0 Å². The SMILES string of the molecule is O=C(c1ccc2c(c1)CCCC2)N1CCC(CO)CC1. The number of hydrogen-bond donors (Lipinski definition) is 1. The van der Waals surface area contributed by atoms with E-state index >= 15 is 0 Å². The van der Waals surface area contributed by atoms with Gasteiger partial charge in [-0.2, -0.15) is 0 Å². The fourth-order valence-corrected chi connectivity index (χ4v) is 3.37. The summed E-state index contributed by atoms with van der Waals surface area (Å²) in [6, 6.07) is 6.24. The molecule has 1 aliphatic carbocycles. The third kappa shape index (κ3) is 2.73. The van der Waals surface area contributed by atoms with Crippen molar-refractivity contribution in [3.63, 3.8) is 0 Å². The summed E-state index contributed by atoms with van der Waals surface area (Å²) in [5, 5.41) is 9.16. The van der Waals surface area contributed by atoms with Gasteiger partial charge in [-0.3, -0.25) is 4.79 Å². The number of hydrogen-bond acceptors (Lipinski definition) is 2. The summed E-state index contributed by atoms with van der Waals surface area (Å²) >= 11 is 0. The number of carbonyl (C=O) groups excluding carboxylic acids is 1. The van der Waals surface area contributed by atoms with E-state index < -0.39 is 0 Å². The summed E-state index contributed by atoms with van der Waals surface area (Å²) in [7, 11) is 0. The van der Waals surface area contributed by atoms with Gasteiger partial charge >= 0.3 is 0 Å². The molecule has 0 bridgehead atoms. The van der Waals surface area contributed by atoms with E-state index in [1.807, 2.05) is 11.0 Å². The maximum absolute atomic E-state index is 12.5. The van der Waals surface area contributed by atoms with Crippen molar-refractivity contribution < 1.29 is 9.90 Å². The Morgan fingerprint density at radius 3 is 2.55 bits per heavy atom. The minimum atomic E-state index is 0.162. The van der Waals surface area contributed by atoms with Gasteiger partial charge in [-0.25, -0.2) is 0 Å². The number of likely N-dealkylation sites (tertiary alicyclic amines) is 1. The zero-order chi connectivity index (χ0) is 13.9. The van der Waals surface area contributed by atoms with Crippen LogP contribution >= 0.6 is 0 Å². The van der Waals surface area contributed by atoms with Crippen LogP contribution in [-0.2, 0) is 12.8 Å². The Morgan fingerprint density at radius 1 is 1.15 bits per heavy atom. The van der Waals surface area contributed by atoms with Gasteiger partial charge in [0.2, 0.25) is 0 Å². The first kappa shape index (κ1) is 13.6. The molecule has 3 rings (SSSR count). The molecule has 0 radical (unpaired) electrons. The van der Waals surface area contributed by atoms with Crippen molar-refractivity contribution in [1.82, 2.24) is 4.90 Å². The first-order chi connectivity index (χ1) is 9.78. The van der Waals surface area contributed by atoms with Gasteiger partial charge in [0, 0.05) is 25.3 Å². The third-order valence-corrected chi connectivity index (χ3v) is 4.76. The van der Waals surface area contributed by atoms with Gasteiger partial charge in [-0.1, -0.05) is 6.07 Å². The molecule has 1 saturated heterocycles. The van der Waals surface area contributed by atoms with Crippen LogP contribution in [0.15, 0.2) is 18.2 Å². The van der Waals surface area contributed by atoms with Crippen LogP contribution in [0.1, 0.15) is 47.2 Å². The van der Waals surface area contributed by atoms with E-state index in [2.05, 4.69) is 12.1 Å². The van der Waals surface area contributed by atoms with Crippen LogP contribution in [-0.4, -0.2) is 35.6 Å². The van der Waals surface area contributed by atoms with Gasteiger partial charge in [0.25, 0.3) is 5.91 Å². The van der Waals surface area contributed by atoms with Crippen molar-refractivity contribution in [3.8, 4) is 0 Å². The highest BCUT2D eigenvalue weighted by Gasteiger charge is 2.23. The second-order valence-corrected chi connectivity index (χ2v) is 6.11. The van der Waals surface area contributed by atoms with Gasteiger partial charge in [-0.05, 0) is 67.7 Å². The van der Waals surface area contributed by atoms with Gasteiger partial charge in [0.1, 0.15) is 0 Å². The third-order valence-electron chi connectivity index (χ3n) is 4.76. The molecule has 1 N–H and O–H groups in total. The zero-order valence-corrected chi connectivity index (χ0v) is 12.0. The monoisotopic (exact) mass is 273 g/mol. The predicted octanol–water partition coefficient (Wildman–Crippen LogP) is 2.41. The molecule has 3 nitrogen and oxygen atoms in total. The Hall–Kier alpha value is -1.35. The first-order valence-electron chi connectivity index (χ1n) is 7.80. The molecular weight excluding hydrogens is 250 g/mol. The fraction of sp³-hybridized carbons (Fsp3) is 0.588. The number of fused-ring (bicyclic) bond motifs is 1. The molecular formula is C17H23NO2. The second kappa shape index (κ2) is 5.96. The fourth-order valence-electron chi connectivity index (χ4n) is 3.37. The van der Waals surface area contributed by atoms with Crippen molar-refractivity contribution in [2.75, 3.05) is 19.7 Å². The van der Waals surface area contributed by atoms with E-state index in [4.69, 9.17) is 5.11 Å². The van der Waals surface area contributed by atoms with Crippen LogP contribution in [0, 0.1) is 5.92 Å². The maximum Gasteiger partial charge on any atom is 0.253 e. The quantitative estimate of drug-likeness (QED) is 0.899. The predicted molar refractivity (Wildman–Crippen MR) is 78.8 cm³/mol. The van der Waals surface area contributed by atoms with E-state index in [0.717, 1.165) is 44.3 Å². The molecule has 1 aromatic rings. The summed E-state index contributed by atoms with van der Waals surface area (Å²) in [6.07, 6.45) is 6.64. The topological polar surface area (TPSA) is 40.5 Å². The van der Waals surface area contributed by atoms with Crippen LogP contribution in [0.5, 0.6) is 0 Å². The Balaban J connectivity index is 1.71. The lowest BCUT2D eigenvalue weighted by atomic mass is 9.90. The summed E-state index contributed by atoms with van der Waals surface area (Å²) in [4.78, 5) is 14.5. The van der Waals surface area contributed by atoms with E-state index in [9.17, 15) is 4.79 Å². The minimum absolute atomic E-state index is 0.162. The molecule has 0 saturated carbocycles. The zero-order valence-electron chi connectivity index (χ0n) is 12.0. The molecule has 0 atom stereocenters. The first-order valence-corrected chi connectivity index (χ1v) is 7.80. The molecule has 0 unspecified atom stereocenters. The number of carbonyl (C=O) groups is 1. The highest BCUT2D eigenvalue weighted by Crippen LogP contribution is 2.24. The van der Waals surface area contributed by atoms with Gasteiger partial charge in [0.05, 0.1) is 0 Å². The number of piperidine rings is 1. The Bertz CT molecular complexity index is 490. The number of benzene rings is 1. The average Bonchev–Trinajstić information content (AvgIpc) is 2.54. The summed E-state index contributed by atoms with van der Waals surface area (Å²) in [6.45, 7) is 1.81. The Kier molecular flexibility index (Phi) is 4.06. The Morgan fingerprint density at radius 2 is 1.85 bits per heavy atom. The number of amides is 1. The molecule has 1 aliphatic heterocycles. The van der Waals surface area contributed by atoms with E-state index in [1.165, 1.54) is 24.0 Å². The standard InChI is InChI=1S/C17H23NO2/c19-12-13-7-9-18(10-8-13)17(20)16-6-5-14-3-1-2-4-15(14)11-16/h5-6,11,13,19H,1-4,7-10,12H2. The van der Waals surface area contributed by atoms with Crippen molar-refractivity contribution in [1.29, 1.82) is 0 Å². The number of aliphatic hydroxyl groups is 1. The second-order valence-electron chi connectivity index (χ2n) is 6.11. The summed E-state index contributed by atoms with van der Waals surface area (Å²) < 4.78 is 0. The number of rotatable bonds is 2. The van der Waals surface area contributed by atoms with Crippen LogP contribution in [0.25, 0.3) is 0 Å². The average molecular weight is 273 g/mol. The number of aryl methyl sites for hydroxylation is 2. The van der Waals surface area contributed by atoms with E-state index in [0.29, 0.717) is 5.92 Å². The minimum Gasteiger partial charge on any atom is -0.396 e. The highest BCUT2D eigenvalue weighted by atomic mass is 16.3. The Labute approximate surface area is 120 Å². The van der Waals surface area contributed by atoms with Crippen LogP contribution in [0.2, 0.25) is 0 Å². The lowest BCUT2D eigenvalue weighted by molar-refractivity contribution is 0.0650. The molecule has 20 heavy (non-hydrogen) atoms. The molecule has 1 fully saturated rings. The molecule has 2 aliphatic rings. The normalized spacial score (nSPS) is 19.8. The molecule has 1 amide bonds. The van der Waals surface area contributed by atoms with E-state index in [-0.39, 0.29) is 12.5 Å². The lowest BCUT2D eigenvalue weighted by Crippen LogP contribution is -2.39. The number of aliphatic hydroxyl groups excluding tert-OH is 1. The van der Waals surface area contributed by atoms with Crippen molar-refractivity contribution >= 4 is 5.91 Å². The van der Waals surface area contributed by atoms with Crippen LogP contribution in [0.3, 0.4) is 0 Å². The highest BCUT2D eigenvalue weighted by molar-refractivity contribution is 5.94. The van der Waals surface area contributed by atoms with Gasteiger partial charge in [-0.15, -0.1) is 0 Å². The molecule has 3 heteroatoms. The molecule has 108 valence electrons. The van der Waals surface area contributed by atoms with Gasteiger partial charge < -0.3 is 10.0 Å². The lowest BCUT2D eigenvalue weighted by Gasteiger charge is -2.31. The molecule has 0 aromatic heterocycles. The van der Waals surface area contributed by atoms with Crippen molar-refractivity contribution in [2.45, 2.75) is 38.5 Å². The summed E-state index contributed by atoms with van der Waals surface area (Å²) in [5.74, 6) is 0.539. The molecule has 1 aromatic carbocycles. The molecule has 0 spiro atoms. The van der Waals surface area contributed by atoms with Gasteiger partial charge in [0.15, 0.2) is 0 Å².